The number of hydrogen-bond donors (Lipinski definition) is 0. The van der Waals surface area contributed by atoms with Gasteiger partial charge >= 0.3 is 0 Å². The van der Waals surface area contributed by atoms with Gasteiger partial charge in [-0.05, 0) is 30.4 Å². The SMILES string of the molecule is O=C(CCc1cccc2c1OCC2)C1CC1. The summed E-state index contributed by atoms with van der Waals surface area (Å²) in [5.41, 5.74) is 2.51. The van der Waals surface area contributed by atoms with E-state index >= 15 is 0 Å². The summed E-state index contributed by atoms with van der Waals surface area (Å²) in [7, 11) is 0. The Morgan fingerprint density at radius 2 is 2.25 bits per heavy atom. The van der Waals surface area contributed by atoms with Gasteiger partial charge in [0.1, 0.15) is 11.5 Å². The lowest BCUT2D eigenvalue weighted by Gasteiger charge is -2.07. The fraction of sp³-hybridized carbons (Fsp3) is 0.500. The lowest BCUT2D eigenvalue weighted by molar-refractivity contribution is -0.120. The molecule has 1 aromatic carbocycles. The summed E-state index contributed by atoms with van der Waals surface area (Å²) in [5, 5.41) is 0. The molecule has 1 aromatic rings. The lowest BCUT2D eigenvalue weighted by Crippen LogP contribution is -2.03. The van der Waals surface area contributed by atoms with Crippen molar-refractivity contribution in [2.24, 2.45) is 5.92 Å². The van der Waals surface area contributed by atoms with E-state index in [9.17, 15) is 4.79 Å². The lowest BCUT2D eigenvalue weighted by atomic mass is 10.0. The van der Waals surface area contributed by atoms with Crippen LogP contribution in [0.5, 0.6) is 5.75 Å². The molecule has 1 aliphatic heterocycles. The second-order valence-electron chi connectivity index (χ2n) is 4.74. The van der Waals surface area contributed by atoms with Gasteiger partial charge in [-0.3, -0.25) is 4.79 Å². The summed E-state index contributed by atoms with van der Waals surface area (Å²) in [4.78, 5) is 11.6. The van der Waals surface area contributed by atoms with E-state index in [0.29, 0.717) is 18.1 Å². The van der Waals surface area contributed by atoms with Gasteiger partial charge in [-0.25, -0.2) is 0 Å². The Morgan fingerprint density at radius 1 is 1.38 bits per heavy atom. The van der Waals surface area contributed by atoms with Crippen molar-refractivity contribution in [2.75, 3.05) is 6.61 Å². The minimum Gasteiger partial charge on any atom is -0.493 e. The van der Waals surface area contributed by atoms with Gasteiger partial charge in [-0.1, -0.05) is 18.2 Å². The summed E-state index contributed by atoms with van der Waals surface area (Å²) in [6.07, 6.45) is 4.77. The summed E-state index contributed by atoms with van der Waals surface area (Å²) in [5.74, 6) is 1.87. The average Bonchev–Trinajstić information content (AvgIpc) is 3.04. The first-order chi connectivity index (χ1) is 7.84. The van der Waals surface area contributed by atoms with Crippen molar-refractivity contribution in [3.63, 3.8) is 0 Å². The predicted molar refractivity (Wildman–Crippen MR) is 61.7 cm³/mol. The van der Waals surface area contributed by atoms with Crippen LogP contribution in [0.3, 0.4) is 0 Å². The number of ketones is 1. The molecule has 0 unspecified atom stereocenters. The maximum absolute atomic E-state index is 11.6. The molecule has 2 nitrogen and oxygen atoms in total. The molecular weight excluding hydrogens is 200 g/mol. The van der Waals surface area contributed by atoms with Gasteiger partial charge in [0.15, 0.2) is 0 Å². The quantitative estimate of drug-likeness (QED) is 0.773. The molecule has 0 atom stereocenters. The topological polar surface area (TPSA) is 26.3 Å². The normalized spacial score (nSPS) is 18.0. The second kappa shape index (κ2) is 3.93. The van der Waals surface area contributed by atoms with Crippen LogP contribution in [0.25, 0.3) is 0 Å². The molecule has 84 valence electrons. The highest BCUT2D eigenvalue weighted by atomic mass is 16.5. The Bertz CT molecular complexity index is 419. The Balaban J connectivity index is 1.70. The van der Waals surface area contributed by atoms with Crippen molar-refractivity contribution in [3.05, 3.63) is 29.3 Å². The molecule has 3 rings (SSSR count). The molecule has 2 heteroatoms. The van der Waals surface area contributed by atoms with Crippen LogP contribution in [-0.4, -0.2) is 12.4 Å². The molecular formula is C14H16O2. The van der Waals surface area contributed by atoms with E-state index in [1.54, 1.807) is 0 Å². The highest BCUT2D eigenvalue weighted by Gasteiger charge is 2.29. The van der Waals surface area contributed by atoms with E-state index < -0.39 is 0 Å². The smallest absolute Gasteiger partial charge is 0.136 e. The van der Waals surface area contributed by atoms with Crippen LogP contribution in [0.4, 0.5) is 0 Å². The number of benzene rings is 1. The van der Waals surface area contributed by atoms with Crippen LogP contribution < -0.4 is 4.74 Å². The number of Topliss-reactive ketones (excluding diaryl/α,β-unsaturated/α-hetero) is 1. The van der Waals surface area contributed by atoms with Gasteiger partial charge < -0.3 is 4.74 Å². The number of carbonyl (C=O) groups excluding carboxylic acids is 1. The maximum Gasteiger partial charge on any atom is 0.136 e. The first-order valence-electron chi connectivity index (χ1n) is 6.11. The summed E-state index contributed by atoms with van der Waals surface area (Å²) < 4.78 is 5.63. The van der Waals surface area contributed by atoms with Gasteiger partial charge in [-0.15, -0.1) is 0 Å². The Morgan fingerprint density at radius 3 is 3.06 bits per heavy atom. The van der Waals surface area contributed by atoms with Gasteiger partial charge in [0.25, 0.3) is 0 Å². The van der Waals surface area contributed by atoms with Crippen LogP contribution in [0.1, 0.15) is 30.4 Å². The number of carbonyl (C=O) groups is 1. The molecule has 1 aliphatic carbocycles. The highest BCUT2D eigenvalue weighted by molar-refractivity contribution is 5.83. The third-order valence-corrected chi connectivity index (χ3v) is 3.47. The third kappa shape index (κ3) is 1.84. The van der Waals surface area contributed by atoms with E-state index in [-0.39, 0.29) is 0 Å². The van der Waals surface area contributed by atoms with Crippen LogP contribution in [-0.2, 0) is 17.6 Å². The minimum atomic E-state index is 0.387. The predicted octanol–water partition coefficient (Wildman–Crippen LogP) is 2.53. The Labute approximate surface area is 95.6 Å². The molecule has 16 heavy (non-hydrogen) atoms. The number of aryl methyl sites for hydroxylation is 1. The van der Waals surface area contributed by atoms with Gasteiger partial charge in [-0.2, -0.15) is 0 Å². The van der Waals surface area contributed by atoms with E-state index in [4.69, 9.17) is 4.74 Å². The van der Waals surface area contributed by atoms with Gasteiger partial charge in [0, 0.05) is 18.8 Å². The molecule has 2 aliphatic rings. The zero-order valence-electron chi connectivity index (χ0n) is 9.37. The van der Waals surface area contributed by atoms with Crippen LogP contribution in [0.15, 0.2) is 18.2 Å². The summed E-state index contributed by atoms with van der Waals surface area (Å²) in [6, 6.07) is 6.28. The monoisotopic (exact) mass is 216 g/mol. The van der Waals surface area contributed by atoms with Crippen LogP contribution in [0.2, 0.25) is 0 Å². The van der Waals surface area contributed by atoms with Crippen molar-refractivity contribution < 1.29 is 9.53 Å². The fourth-order valence-corrected chi connectivity index (χ4v) is 2.35. The zero-order chi connectivity index (χ0) is 11.0. The Kier molecular flexibility index (Phi) is 2.43. The number of para-hydroxylation sites is 1. The third-order valence-electron chi connectivity index (χ3n) is 3.47. The summed E-state index contributed by atoms with van der Waals surface area (Å²) in [6.45, 7) is 0.795. The highest BCUT2D eigenvalue weighted by Crippen LogP contribution is 2.33. The fourth-order valence-electron chi connectivity index (χ4n) is 2.35. The zero-order valence-corrected chi connectivity index (χ0v) is 9.37. The van der Waals surface area contributed by atoms with Crippen LogP contribution >= 0.6 is 0 Å². The standard InChI is InChI=1S/C14H16O2/c15-13(10-4-5-10)7-6-11-2-1-3-12-8-9-16-14(11)12/h1-3,10H,4-9H2. The number of hydrogen-bond acceptors (Lipinski definition) is 2. The van der Waals surface area contributed by atoms with E-state index in [2.05, 4.69) is 18.2 Å². The summed E-state index contributed by atoms with van der Waals surface area (Å²) >= 11 is 0. The van der Waals surface area contributed by atoms with Crippen LogP contribution in [0, 0.1) is 5.92 Å². The van der Waals surface area contributed by atoms with E-state index in [1.165, 1.54) is 11.1 Å². The molecule has 1 fully saturated rings. The first-order valence-corrected chi connectivity index (χ1v) is 6.11. The number of ether oxygens (including phenoxy) is 1. The van der Waals surface area contributed by atoms with Crippen molar-refractivity contribution in [1.29, 1.82) is 0 Å². The average molecular weight is 216 g/mol. The first kappa shape index (κ1) is 9.88. The molecule has 0 amide bonds. The maximum atomic E-state index is 11.6. The molecule has 1 saturated carbocycles. The molecule has 0 N–H and O–H groups in total. The molecule has 0 aromatic heterocycles. The van der Waals surface area contributed by atoms with Crippen molar-refractivity contribution in [3.8, 4) is 5.75 Å². The van der Waals surface area contributed by atoms with Crippen molar-refractivity contribution in [1.82, 2.24) is 0 Å². The van der Waals surface area contributed by atoms with Crippen molar-refractivity contribution >= 4 is 5.78 Å². The van der Waals surface area contributed by atoms with E-state index in [0.717, 1.165) is 38.0 Å². The molecule has 0 bridgehead atoms. The second-order valence-corrected chi connectivity index (χ2v) is 4.74. The van der Waals surface area contributed by atoms with Crippen molar-refractivity contribution in [2.45, 2.75) is 32.1 Å². The van der Waals surface area contributed by atoms with Gasteiger partial charge in [0.2, 0.25) is 0 Å². The molecule has 0 spiro atoms. The molecule has 0 saturated heterocycles. The van der Waals surface area contributed by atoms with Gasteiger partial charge in [0.05, 0.1) is 6.61 Å². The number of fused-ring (bicyclic) bond motifs is 1. The Hall–Kier alpha value is -1.31. The largest absolute Gasteiger partial charge is 0.493 e. The molecule has 0 radical (unpaired) electrons. The molecule has 1 heterocycles. The van der Waals surface area contributed by atoms with E-state index in [1.807, 2.05) is 0 Å². The number of rotatable bonds is 4. The minimum absolute atomic E-state index is 0.387.